The van der Waals surface area contributed by atoms with Gasteiger partial charge in [-0.2, -0.15) is 8.75 Å². The highest BCUT2D eigenvalue weighted by molar-refractivity contribution is 7.00. The summed E-state index contributed by atoms with van der Waals surface area (Å²) in [4.78, 5) is 25.8. The van der Waals surface area contributed by atoms with E-state index in [-0.39, 0.29) is 18.8 Å². The summed E-state index contributed by atoms with van der Waals surface area (Å²) in [6.45, 7) is 1.94. The Morgan fingerprint density at radius 2 is 1.63 bits per heavy atom. The van der Waals surface area contributed by atoms with Crippen LogP contribution in [0.25, 0.3) is 11.0 Å². The highest BCUT2D eigenvalue weighted by Gasteiger charge is 2.27. The first-order valence-electron chi connectivity index (χ1n) is 9.24. The van der Waals surface area contributed by atoms with Gasteiger partial charge in [-0.1, -0.05) is 6.07 Å². The lowest BCUT2D eigenvalue weighted by atomic mass is 9.91. The Kier molecular flexibility index (Phi) is 6.83. The summed E-state index contributed by atoms with van der Waals surface area (Å²) in [7, 11) is 4.44. The first-order chi connectivity index (χ1) is 14.5. The summed E-state index contributed by atoms with van der Waals surface area (Å²) < 4.78 is 29.6. The Balaban J connectivity index is 1.96. The fraction of sp³-hybridized carbons (Fsp3) is 0.333. The largest absolute Gasteiger partial charge is 0.493 e. The Hall–Kier alpha value is -3.20. The minimum absolute atomic E-state index is 0.0828. The van der Waals surface area contributed by atoms with Crippen LogP contribution in [0.1, 0.15) is 35.2 Å². The summed E-state index contributed by atoms with van der Waals surface area (Å²) >= 11 is 1.09. The summed E-state index contributed by atoms with van der Waals surface area (Å²) in [5, 5.41) is 0. The summed E-state index contributed by atoms with van der Waals surface area (Å²) in [6, 6.07) is 8.46. The number of esters is 1. The van der Waals surface area contributed by atoms with Crippen LogP contribution in [0.2, 0.25) is 0 Å². The first kappa shape index (κ1) is 21.5. The third-order valence-corrected chi connectivity index (χ3v) is 5.18. The van der Waals surface area contributed by atoms with Crippen molar-refractivity contribution in [3.8, 4) is 17.2 Å². The molecule has 0 saturated heterocycles. The molecular weight excluding hydrogens is 408 g/mol. The molecule has 1 heterocycles. The fourth-order valence-electron chi connectivity index (χ4n) is 3.14. The molecule has 2 aromatic carbocycles. The summed E-state index contributed by atoms with van der Waals surface area (Å²) in [6.07, 6.45) is -0.0828. The molecule has 3 rings (SSSR count). The van der Waals surface area contributed by atoms with Crippen LogP contribution >= 0.6 is 11.7 Å². The molecule has 0 bridgehead atoms. The number of rotatable bonds is 9. The highest BCUT2D eigenvalue weighted by Crippen LogP contribution is 2.39. The molecule has 0 spiro atoms. The van der Waals surface area contributed by atoms with Crippen molar-refractivity contribution < 1.29 is 28.5 Å². The van der Waals surface area contributed by atoms with Crippen LogP contribution in [0.5, 0.6) is 17.2 Å². The van der Waals surface area contributed by atoms with Crippen LogP contribution in [0.3, 0.4) is 0 Å². The standard InChI is InChI=1S/C21H22N2O6S/c1-5-29-21(25)14(12-6-7-15-16(8-12)23-30-22-15)11-17(24)13-9-18(26-2)20(28-4)19(10-13)27-3/h6-10,14H,5,11H2,1-4H3. The lowest BCUT2D eigenvalue weighted by Gasteiger charge is -2.17. The molecule has 3 aromatic rings. The first-order valence-corrected chi connectivity index (χ1v) is 9.97. The molecule has 0 radical (unpaired) electrons. The number of carbonyl (C=O) groups is 2. The van der Waals surface area contributed by atoms with Crippen molar-refractivity contribution in [3.05, 3.63) is 41.5 Å². The number of ether oxygens (including phenoxy) is 4. The van der Waals surface area contributed by atoms with Gasteiger partial charge in [0.1, 0.15) is 11.0 Å². The van der Waals surface area contributed by atoms with Crippen LogP contribution in [0, 0.1) is 0 Å². The Morgan fingerprint density at radius 1 is 0.967 bits per heavy atom. The molecule has 0 aliphatic carbocycles. The van der Waals surface area contributed by atoms with Gasteiger partial charge in [-0.3, -0.25) is 9.59 Å². The van der Waals surface area contributed by atoms with E-state index in [0.29, 0.717) is 33.9 Å². The number of Topliss-reactive ketones (excluding diaryl/α,β-unsaturated/α-hetero) is 1. The molecule has 0 aliphatic rings. The van der Waals surface area contributed by atoms with Crippen molar-refractivity contribution in [1.82, 2.24) is 8.75 Å². The maximum absolute atomic E-state index is 13.1. The Bertz CT molecular complexity index is 1040. The van der Waals surface area contributed by atoms with E-state index in [1.165, 1.54) is 21.3 Å². The van der Waals surface area contributed by atoms with E-state index >= 15 is 0 Å². The van der Waals surface area contributed by atoms with Gasteiger partial charge in [-0.25, -0.2) is 0 Å². The highest BCUT2D eigenvalue weighted by atomic mass is 32.1. The van der Waals surface area contributed by atoms with E-state index < -0.39 is 11.9 Å². The zero-order chi connectivity index (χ0) is 21.7. The molecule has 30 heavy (non-hydrogen) atoms. The Morgan fingerprint density at radius 3 is 2.23 bits per heavy atom. The predicted molar refractivity (Wildman–Crippen MR) is 112 cm³/mol. The fourth-order valence-corrected chi connectivity index (χ4v) is 3.66. The zero-order valence-corrected chi connectivity index (χ0v) is 17.9. The van der Waals surface area contributed by atoms with Gasteiger partial charge in [0.05, 0.1) is 45.6 Å². The maximum Gasteiger partial charge on any atom is 0.313 e. The van der Waals surface area contributed by atoms with Crippen molar-refractivity contribution in [2.75, 3.05) is 27.9 Å². The van der Waals surface area contributed by atoms with E-state index in [9.17, 15) is 9.59 Å². The smallest absolute Gasteiger partial charge is 0.313 e. The molecule has 0 N–H and O–H groups in total. The molecule has 0 fully saturated rings. The third-order valence-electron chi connectivity index (χ3n) is 4.63. The number of nitrogens with zero attached hydrogens (tertiary/aromatic N) is 2. The van der Waals surface area contributed by atoms with Crippen LogP contribution < -0.4 is 14.2 Å². The minimum Gasteiger partial charge on any atom is -0.493 e. The maximum atomic E-state index is 13.1. The lowest BCUT2D eigenvalue weighted by Crippen LogP contribution is -2.19. The monoisotopic (exact) mass is 430 g/mol. The lowest BCUT2D eigenvalue weighted by molar-refractivity contribution is -0.144. The van der Waals surface area contributed by atoms with Gasteiger partial charge in [0.15, 0.2) is 17.3 Å². The van der Waals surface area contributed by atoms with E-state index in [4.69, 9.17) is 18.9 Å². The summed E-state index contributed by atoms with van der Waals surface area (Å²) in [5.74, 6) is -0.391. The summed E-state index contributed by atoms with van der Waals surface area (Å²) in [5.41, 5.74) is 2.40. The van der Waals surface area contributed by atoms with E-state index in [1.807, 2.05) is 0 Å². The number of hydrogen-bond acceptors (Lipinski definition) is 9. The second-order valence-corrected chi connectivity index (χ2v) is 6.89. The molecule has 0 aliphatic heterocycles. The SMILES string of the molecule is CCOC(=O)C(CC(=O)c1cc(OC)c(OC)c(OC)c1)c1ccc2nsnc2c1. The molecule has 1 unspecified atom stereocenters. The average Bonchev–Trinajstić information content (AvgIpc) is 3.24. The van der Waals surface area contributed by atoms with E-state index in [2.05, 4.69) is 8.75 Å². The average molecular weight is 430 g/mol. The third kappa shape index (κ3) is 4.35. The normalized spacial score (nSPS) is 11.7. The number of benzene rings is 2. The second-order valence-electron chi connectivity index (χ2n) is 6.36. The van der Waals surface area contributed by atoms with Gasteiger partial charge in [0.2, 0.25) is 5.75 Å². The number of ketones is 1. The molecule has 1 atom stereocenters. The van der Waals surface area contributed by atoms with Crippen LogP contribution in [-0.4, -0.2) is 48.4 Å². The van der Waals surface area contributed by atoms with Crippen molar-refractivity contribution in [2.24, 2.45) is 0 Å². The van der Waals surface area contributed by atoms with Gasteiger partial charge in [0, 0.05) is 12.0 Å². The number of methoxy groups -OCH3 is 3. The van der Waals surface area contributed by atoms with Gasteiger partial charge < -0.3 is 18.9 Å². The number of fused-ring (bicyclic) bond motifs is 1. The van der Waals surface area contributed by atoms with Crippen molar-refractivity contribution in [2.45, 2.75) is 19.3 Å². The van der Waals surface area contributed by atoms with Crippen molar-refractivity contribution >= 4 is 34.5 Å². The number of aromatic nitrogens is 2. The zero-order valence-electron chi connectivity index (χ0n) is 17.1. The van der Waals surface area contributed by atoms with Crippen LogP contribution in [0.15, 0.2) is 30.3 Å². The number of carbonyl (C=O) groups excluding carboxylic acids is 2. The molecular formula is C21H22N2O6S. The Labute approximate surface area is 178 Å². The van der Waals surface area contributed by atoms with Gasteiger partial charge in [-0.05, 0) is 36.8 Å². The topological polar surface area (TPSA) is 96.8 Å². The van der Waals surface area contributed by atoms with Gasteiger partial charge in [-0.15, -0.1) is 0 Å². The van der Waals surface area contributed by atoms with Gasteiger partial charge in [0.25, 0.3) is 0 Å². The number of hydrogen-bond donors (Lipinski definition) is 0. The van der Waals surface area contributed by atoms with Crippen LogP contribution in [-0.2, 0) is 9.53 Å². The molecule has 158 valence electrons. The molecule has 0 amide bonds. The van der Waals surface area contributed by atoms with E-state index in [1.54, 1.807) is 37.3 Å². The van der Waals surface area contributed by atoms with E-state index in [0.717, 1.165) is 17.2 Å². The second kappa shape index (κ2) is 9.53. The molecule has 9 heteroatoms. The van der Waals surface area contributed by atoms with Crippen molar-refractivity contribution in [3.63, 3.8) is 0 Å². The molecule has 1 aromatic heterocycles. The quantitative estimate of drug-likeness (QED) is 0.375. The van der Waals surface area contributed by atoms with Crippen molar-refractivity contribution in [1.29, 1.82) is 0 Å². The van der Waals surface area contributed by atoms with Crippen LogP contribution in [0.4, 0.5) is 0 Å². The van der Waals surface area contributed by atoms with Gasteiger partial charge >= 0.3 is 5.97 Å². The predicted octanol–water partition coefficient (Wildman–Crippen LogP) is 3.64. The molecule has 0 saturated carbocycles. The molecule has 8 nitrogen and oxygen atoms in total. The minimum atomic E-state index is -0.775.